The molecule has 1 aliphatic rings. The number of para-hydroxylation sites is 1. The van der Waals surface area contributed by atoms with E-state index in [0.717, 1.165) is 42.8 Å². The molecule has 3 rings (SSSR count). The molecule has 3 heteroatoms. The third-order valence-electron chi connectivity index (χ3n) is 4.76. The summed E-state index contributed by atoms with van der Waals surface area (Å²) in [4.78, 5) is 2.57. The number of rotatable bonds is 5. The number of hydrogen-bond donors (Lipinski definition) is 1. The van der Waals surface area contributed by atoms with Gasteiger partial charge in [-0.1, -0.05) is 39.0 Å². The van der Waals surface area contributed by atoms with Crippen LogP contribution in [0.5, 0.6) is 0 Å². The molecule has 0 bridgehead atoms. The van der Waals surface area contributed by atoms with Crippen LogP contribution >= 0.6 is 0 Å². The molecule has 0 aliphatic carbocycles. The van der Waals surface area contributed by atoms with Crippen molar-refractivity contribution >= 4 is 11.0 Å². The van der Waals surface area contributed by atoms with Gasteiger partial charge in [-0.3, -0.25) is 4.90 Å². The highest BCUT2D eigenvalue weighted by molar-refractivity contribution is 5.82. The van der Waals surface area contributed by atoms with Crippen LogP contribution in [0.3, 0.4) is 0 Å². The molecule has 1 saturated heterocycles. The van der Waals surface area contributed by atoms with E-state index in [9.17, 15) is 0 Å². The van der Waals surface area contributed by atoms with E-state index in [4.69, 9.17) is 4.42 Å². The Kier molecular flexibility index (Phi) is 4.32. The van der Waals surface area contributed by atoms with Gasteiger partial charge in [0, 0.05) is 30.6 Å². The first-order valence-electron chi connectivity index (χ1n) is 8.11. The Morgan fingerprint density at radius 2 is 1.90 bits per heavy atom. The van der Waals surface area contributed by atoms with E-state index < -0.39 is 0 Å². The molecule has 1 aromatic carbocycles. The summed E-state index contributed by atoms with van der Waals surface area (Å²) in [5.74, 6) is 2.69. The van der Waals surface area contributed by atoms with Gasteiger partial charge in [0.15, 0.2) is 0 Å². The van der Waals surface area contributed by atoms with Gasteiger partial charge in [-0.25, -0.2) is 0 Å². The lowest BCUT2D eigenvalue weighted by molar-refractivity contribution is 0.313. The number of nitrogens with one attached hydrogen (secondary N) is 1. The largest absolute Gasteiger partial charge is 0.459 e. The lowest BCUT2D eigenvalue weighted by atomic mass is 10.0. The number of furan rings is 1. The average Bonchev–Trinajstić information content (AvgIpc) is 2.98. The molecule has 0 amide bonds. The molecule has 2 heterocycles. The van der Waals surface area contributed by atoms with E-state index in [0.29, 0.717) is 0 Å². The minimum Gasteiger partial charge on any atom is -0.459 e. The number of likely N-dealkylation sites (tertiary alicyclic amines) is 1. The van der Waals surface area contributed by atoms with Gasteiger partial charge in [0.25, 0.3) is 0 Å². The molecule has 1 N–H and O–H groups in total. The van der Waals surface area contributed by atoms with E-state index in [1.165, 1.54) is 24.0 Å². The fraction of sp³-hybridized carbons (Fsp3) is 0.556. The maximum absolute atomic E-state index is 6.08. The average molecular weight is 286 g/mol. The molecular formula is C18H26N2O. The smallest absolute Gasteiger partial charge is 0.134 e. The molecule has 2 atom stereocenters. The minimum absolute atomic E-state index is 0.792. The van der Waals surface area contributed by atoms with Crippen LogP contribution in [0.25, 0.3) is 11.0 Å². The molecule has 1 aliphatic heterocycles. The second-order valence-corrected chi connectivity index (χ2v) is 6.43. The third-order valence-corrected chi connectivity index (χ3v) is 4.76. The molecular weight excluding hydrogens is 260 g/mol. The maximum atomic E-state index is 6.08. The summed E-state index contributed by atoms with van der Waals surface area (Å²) in [6.07, 6.45) is 0. The fourth-order valence-corrected chi connectivity index (χ4v) is 3.31. The van der Waals surface area contributed by atoms with E-state index in [1.54, 1.807) is 0 Å². The predicted molar refractivity (Wildman–Crippen MR) is 87.2 cm³/mol. The van der Waals surface area contributed by atoms with E-state index in [1.807, 2.05) is 6.07 Å². The van der Waals surface area contributed by atoms with Gasteiger partial charge < -0.3 is 9.73 Å². The van der Waals surface area contributed by atoms with E-state index >= 15 is 0 Å². The number of hydrogen-bond acceptors (Lipinski definition) is 3. The molecule has 3 nitrogen and oxygen atoms in total. The van der Waals surface area contributed by atoms with Crippen molar-refractivity contribution in [3.63, 3.8) is 0 Å². The number of benzene rings is 1. The summed E-state index contributed by atoms with van der Waals surface area (Å²) in [5.41, 5.74) is 2.38. The molecule has 2 unspecified atom stereocenters. The Hall–Kier alpha value is -1.32. The van der Waals surface area contributed by atoms with Gasteiger partial charge in [0.2, 0.25) is 0 Å². The van der Waals surface area contributed by atoms with Crippen molar-refractivity contribution in [3.8, 4) is 0 Å². The van der Waals surface area contributed by atoms with Gasteiger partial charge >= 0.3 is 0 Å². The molecule has 114 valence electrons. The Labute approximate surface area is 127 Å². The summed E-state index contributed by atoms with van der Waals surface area (Å²) in [5, 5.41) is 4.67. The van der Waals surface area contributed by atoms with Crippen LogP contribution in [0.15, 0.2) is 28.7 Å². The standard InChI is InChI=1S/C18H26N2O/c1-4-19-9-18-16(12-20-10-13(2)14(3)11-20)15-7-5-6-8-17(15)21-18/h5-8,13-14,19H,4,9-12H2,1-3H3. The topological polar surface area (TPSA) is 28.4 Å². The Morgan fingerprint density at radius 1 is 1.19 bits per heavy atom. The zero-order valence-electron chi connectivity index (χ0n) is 13.4. The summed E-state index contributed by atoms with van der Waals surface area (Å²) in [6, 6.07) is 8.41. The lowest BCUT2D eigenvalue weighted by Gasteiger charge is -2.15. The quantitative estimate of drug-likeness (QED) is 0.910. The van der Waals surface area contributed by atoms with Crippen molar-refractivity contribution in [2.45, 2.75) is 33.9 Å². The first kappa shape index (κ1) is 14.6. The monoisotopic (exact) mass is 286 g/mol. The molecule has 1 aromatic heterocycles. The molecule has 21 heavy (non-hydrogen) atoms. The maximum Gasteiger partial charge on any atom is 0.134 e. The van der Waals surface area contributed by atoms with Crippen molar-refractivity contribution in [2.24, 2.45) is 11.8 Å². The van der Waals surface area contributed by atoms with Gasteiger partial charge in [-0.15, -0.1) is 0 Å². The van der Waals surface area contributed by atoms with Crippen LogP contribution in [0.4, 0.5) is 0 Å². The fourth-order valence-electron chi connectivity index (χ4n) is 3.31. The highest BCUT2D eigenvalue weighted by Gasteiger charge is 2.27. The van der Waals surface area contributed by atoms with Crippen LogP contribution in [0.1, 0.15) is 32.1 Å². The van der Waals surface area contributed by atoms with Gasteiger partial charge in [-0.2, -0.15) is 0 Å². The Bertz CT molecular complexity index is 594. The first-order valence-corrected chi connectivity index (χ1v) is 8.11. The minimum atomic E-state index is 0.792. The highest BCUT2D eigenvalue weighted by atomic mass is 16.3. The normalized spacial score (nSPS) is 23.2. The second kappa shape index (κ2) is 6.20. The molecule has 0 saturated carbocycles. The van der Waals surface area contributed by atoms with Gasteiger partial charge in [0.05, 0.1) is 6.54 Å². The molecule has 0 radical (unpaired) electrons. The Balaban J connectivity index is 1.88. The zero-order chi connectivity index (χ0) is 14.8. The Morgan fingerprint density at radius 3 is 2.62 bits per heavy atom. The SMILES string of the molecule is CCNCc1oc2ccccc2c1CN1CC(C)C(C)C1. The van der Waals surface area contributed by atoms with Crippen LogP contribution < -0.4 is 5.32 Å². The van der Waals surface area contributed by atoms with Crippen molar-refractivity contribution < 1.29 is 4.42 Å². The van der Waals surface area contributed by atoms with Crippen LogP contribution in [0, 0.1) is 11.8 Å². The summed E-state index contributed by atoms with van der Waals surface area (Å²) in [7, 11) is 0. The summed E-state index contributed by atoms with van der Waals surface area (Å²) >= 11 is 0. The first-order chi connectivity index (χ1) is 10.2. The zero-order valence-corrected chi connectivity index (χ0v) is 13.4. The van der Waals surface area contributed by atoms with Crippen molar-refractivity contribution in [1.29, 1.82) is 0 Å². The summed E-state index contributed by atoms with van der Waals surface area (Å²) < 4.78 is 6.08. The van der Waals surface area contributed by atoms with Crippen molar-refractivity contribution in [1.82, 2.24) is 10.2 Å². The molecule has 2 aromatic rings. The second-order valence-electron chi connectivity index (χ2n) is 6.43. The van der Waals surface area contributed by atoms with E-state index in [-0.39, 0.29) is 0 Å². The highest BCUT2D eigenvalue weighted by Crippen LogP contribution is 2.30. The van der Waals surface area contributed by atoms with Crippen LogP contribution in [0.2, 0.25) is 0 Å². The molecule has 1 fully saturated rings. The lowest BCUT2D eigenvalue weighted by Crippen LogP contribution is -2.21. The van der Waals surface area contributed by atoms with Crippen molar-refractivity contribution in [3.05, 3.63) is 35.6 Å². The van der Waals surface area contributed by atoms with Crippen LogP contribution in [-0.2, 0) is 13.1 Å². The summed E-state index contributed by atoms with van der Waals surface area (Å²) in [6.45, 7) is 12.0. The van der Waals surface area contributed by atoms with Crippen LogP contribution in [-0.4, -0.2) is 24.5 Å². The van der Waals surface area contributed by atoms with Gasteiger partial charge in [0.1, 0.15) is 11.3 Å². The molecule has 0 spiro atoms. The number of nitrogens with zero attached hydrogens (tertiary/aromatic N) is 1. The van der Waals surface area contributed by atoms with E-state index in [2.05, 4.69) is 49.2 Å². The van der Waals surface area contributed by atoms with Crippen molar-refractivity contribution in [2.75, 3.05) is 19.6 Å². The third kappa shape index (κ3) is 2.99. The predicted octanol–water partition coefficient (Wildman–Crippen LogP) is 3.63. The van der Waals surface area contributed by atoms with Gasteiger partial charge in [-0.05, 0) is 24.4 Å². The number of fused-ring (bicyclic) bond motifs is 1.